The van der Waals surface area contributed by atoms with E-state index in [-0.39, 0.29) is 11.6 Å². The molecule has 0 atom stereocenters. The topological polar surface area (TPSA) is 73.0 Å². The molecule has 2 aromatic heterocycles. The number of amides is 1. The van der Waals surface area contributed by atoms with Crippen molar-refractivity contribution in [1.82, 2.24) is 14.9 Å². The molecule has 7 heteroatoms. The van der Waals surface area contributed by atoms with Gasteiger partial charge >= 0.3 is 0 Å². The van der Waals surface area contributed by atoms with Crippen LogP contribution in [0.25, 0.3) is 0 Å². The highest BCUT2D eigenvalue weighted by atomic mass is 35.5. The first-order valence-electron chi connectivity index (χ1n) is 7.61. The second-order valence-corrected chi connectivity index (χ2v) is 5.88. The van der Waals surface area contributed by atoms with Gasteiger partial charge < -0.3 is 9.84 Å². The molecule has 3 aromatic rings. The summed E-state index contributed by atoms with van der Waals surface area (Å²) in [4.78, 5) is 12.2. The number of nitrogens with one attached hydrogen (secondary N) is 1. The molecule has 0 fully saturated rings. The zero-order valence-electron chi connectivity index (χ0n) is 13.4. The quantitative estimate of drug-likeness (QED) is 0.766. The molecular weight excluding hydrogens is 328 g/mol. The zero-order chi connectivity index (χ0) is 17.1. The van der Waals surface area contributed by atoms with E-state index in [9.17, 15) is 4.79 Å². The van der Waals surface area contributed by atoms with Gasteiger partial charge in [-0.1, -0.05) is 35.8 Å². The molecule has 1 amide bonds. The Balaban J connectivity index is 1.71. The molecule has 2 heterocycles. The zero-order valence-corrected chi connectivity index (χ0v) is 14.2. The van der Waals surface area contributed by atoms with Crippen LogP contribution in [-0.4, -0.2) is 20.8 Å². The van der Waals surface area contributed by atoms with E-state index in [1.165, 1.54) is 0 Å². The van der Waals surface area contributed by atoms with Crippen LogP contribution in [0.3, 0.4) is 0 Å². The second-order valence-electron chi connectivity index (χ2n) is 5.44. The summed E-state index contributed by atoms with van der Waals surface area (Å²) in [5, 5.41) is 11.6. The minimum atomic E-state index is -0.338. The number of benzene rings is 1. The predicted molar refractivity (Wildman–Crippen MR) is 91.4 cm³/mol. The number of hydrogen-bond donors (Lipinski definition) is 1. The van der Waals surface area contributed by atoms with Gasteiger partial charge in [-0.2, -0.15) is 5.10 Å². The average molecular weight is 345 g/mol. The molecule has 0 unspecified atom stereocenters. The standard InChI is InChI=1S/C17H17ClN4O2/c1-3-14-9-15(21-24-14)17(23)19-16-8-11(2)22(20-16)10-12-4-6-13(18)7-5-12/h4-9H,3,10H2,1-2H3,(H,19,20,23). The molecule has 1 N–H and O–H groups in total. The van der Waals surface area contributed by atoms with Crippen molar-refractivity contribution in [2.45, 2.75) is 26.8 Å². The Morgan fingerprint density at radius 2 is 2.04 bits per heavy atom. The highest BCUT2D eigenvalue weighted by Crippen LogP contribution is 2.15. The van der Waals surface area contributed by atoms with E-state index in [1.807, 2.05) is 48.9 Å². The third kappa shape index (κ3) is 3.65. The van der Waals surface area contributed by atoms with Crippen LogP contribution < -0.4 is 5.32 Å². The number of aryl methyl sites for hydroxylation is 2. The molecule has 1 aromatic carbocycles. The van der Waals surface area contributed by atoms with Gasteiger partial charge in [-0.25, -0.2) is 0 Å². The van der Waals surface area contributed by atoms with Gasteiger partial charge in [-0.3, -0.25) is 9.48 Å². The maximum Gasteiger partial charge on any atom is 0.279 e. The van der Waals surface area contributed by atoms with Crippen LogP contribution in [0.1, 0.15) is 34.4 Å². The molecule has 0 bridgehead atoms. The maximum absolute atomic E-state index is 12.2. The van der Waals surface area contributed by atoms with E-state index < -0.39 is 0 Å². The SMILES string of the molecule is CCc1cc(C(=O)Nc2cc(C)n(Cc3ccc(Cl)cc3)n2)no1. The lowest BCUT2D eigenvalue weighted by molar-refractivity contribution is 0.101. The third-order valence-corrected chi connectivity index (χ3v) is 3.86. The molecule has 24 heavy (non-hydrogen) atoms. The highest BCUT2D eigenvalue weighted by Gasteiger charge is 2.14. The molecule has 0 saturated heterocycles. The molecule has 0 aliphatic rings. The van der Waals surface area contributed by atoms with Gasteiger partial charge in [0.05, 0.1) is 6.54 Å². The summed E-state index contributed by atoms with van der Waals surface area (Å²) in [7, 11) is 0. The molecule has 0 aliphatic heterocycles. The summed E-state index contributed by atoms with van der Waals surface area (Å²) in [6, 6.07) is 11.0. The van der Waals surface area contributed by atoms with Crippen molar-refractivity contribution < 1.29 is 9.32 Å². The number of anilines is 1. The number of halogens is 1. The Hall–Kier alpha value is -2.60. The van der Waals surface area contributed by atoms with Crippen LogP contribution in [0, 0.1) is 6.92 Å². The van der Waals surface area contributed by atoms with Gasteiger partial charge in [-0.05, 0) is 24.6 Å². The Bertz CT molecular complexity index is 852. The van der Waals surface area contributed by atoms with Crippen molar-refractivity contribution in [3.63, 3.8) is 0 Å². The van der Waals surface area contributed by atoms with Gasteiger partial charge in [0.2, 0.25) is 0 Å². The lowest BCUT2D eigenvalue weighted by atomic mass is 10.2. The minimum Gasteiger partial charge on any atom is -0.361 e. The third-order valence-electron chi connectivity index (χ3n) is 3.61. The molecule has 0 saturated carbocycles. The fourth-order valence-electron chi connectivity index (χ4n) is 2.26. The van der Waals surface area contributed by atoms with Crippen LogP contribution in [0.2, 0.25) is 5.02 Å². The maximum atomic E-state index is 12.2. The van der Waals surface area contributed by atoms with Gasteiger partial charge in [0.1, 0.15) is 5.76 Å². The lowest BCUT2D eigenvalue weighted by Crippen LogP contribution is -2.13. The molecule has 6 nitrogen and oxygen atoms in total. The first-order chi connectivity index (χ1) is 11.5. The average Bonchev–Trinajstić information content (AvgIpc) is 3.17. The van der Waals surface area contributed by atoms with Crippen molar-refractivity contribution in [2.75, 3.05) is 5.32 Å². The molecule has 0 aliphatic carbocycles. The van der Waals surface area contributed by atoms with E-state index in [0.717, 1.165) is 11.3 Å². The van der Waals surface area contributed by atoms with Gasteiger partial charge in [0.15, 0.2) is 11.5 Å². The van der Waals surface area contributed by atoms with E-state index in [4.69, 9.17) is 16.1 Å². The van der Waals surface area contributed by atoms with E-state index in [1.54, 1.807) is 6.07 Å². The van der Waals surface area contributed by atoms with Crippen molar-refractivity contribution in [2.24, 2.45) is 0 Å². The monoisotopic (exact) mass is 344 g/mol. The molecule has 3 rings (SSSR count). The van der Waals surface area contributed by atoms with E-state index in [0.29, 0.717) is 29.6 Å². The number of hydrogen-bond acceptors (Lipinski definition) is 4. The van der Waals surface area contributed by atoms with E-state index in [2.05, 4.69) is 15.6 Å². The minimum absolute atomic E-state index is 0.247. The van der Waals surface area contributed by atoms with Crippen LogP contribution >= 0.6 is 11.6 Å². The smallest absolute Gasteiger partial charge is 0.279 e. The summed E-state index contributed by atoms with van der Waals surface area (Å²) in [6.07, 6.45) is 0.690. The Morgan fingerprint density at radius 3 is 2.71 bits per heavy atom. The van der Waals surface area contributed by atoms with Crippen LogP contribution in [0.4, 0.5) is 5.82 Å². The Labute approximate surface area is 144 Å². The first-order valence-corrected chi connectivity index (χ1v) is 7.99. The van der Waals surface area contributed by atoms with Gasteiger partial charge in [0.25, 0.3) is 5.91 Å². The number of carbonyl (C=O) groups is 1. The summed E-state index contributed by atoms with van der Waals surface area (Å²) < 4.78 is 6.86. The second kappa shape index (κ2) is 6.88. The fourth-order valence-corrected chi connectivity index (χ4v) is 2.39. The van der Waals surface area contributed by atoms with Gasteiger partial charge in [-0.15, -0.1) is 0 Å². The normalized spacial score (nSPS) is 10.8. The molecule has 0 spiro atoms. The number of carbonyl (C=O) groups excluding carboxylic acids is 1. The summed E-state index contributed by atoms with van der Waals surface area (Å²) in [5.74, 6) is 0.812. The van der Waals surface area contributed by atoms with Crippen molar-refractivity contribution >= 4 is 23.3 Å². The lowest BCUT2D eigenvalue weighted by Gasteiger charge is -2.04. The van der Waals surface area contributed by atoms with Crippen molar-refractivity contribution in [3.05, 3.63) is 64.1 Å². The molecular formula is C17H17ClN4O2. The highest BCUT2D eigenvalue weighted by molar-refractivity contribution is 6.30. The Kier molecular flexibility index (Phi) is 4.66. The van der Waals surface area contributed by atoms with Crippen LogP contribution in [0.15, 0.2) is 40.9 Å². The largest absolute Gasteiger partial charge is 0.361 e. The number of nitrogens with zero attached hydrogens (tertiary/aromatic N) is 3. The van der Waals surface area contributed by atoms with Crippen LogP contribution in [-0.2, 0) is 13.0 Å². The van der Waals surface area contributed by atoms with E-state index >= 15 is 0 Å². The van der Waals surface area contributed by atoms with Gasteiger partial charge in [0, 0.05) is 29.3 Å². The molecule has 0 radical (unpaired) electrons. The first kappa shape index (κ1) is 16.3. The fraction of sp³-hybridized carbons (Fsp3) is 0.235. The number of aromatic nitrogens is 3. The Morgan fingerprint density at radius 1 is 1.29 bits per heavy atom. The van der Waals surface area contributed by atoms with Crippen LogP contribution in [0.5, 0.6) is 0 Å². The van der Waals surface area contributed by atoms with Crippen molar-refractivity contribution in [3.8, 4) is 0 Å². The predicted octanol–water partition coefficient (Wildman–Crippen LogP) is 3.70. The number of rotatable bonds is 5. The van der Waals surface area contributed by atoms with Crippen molar-refractivity contribution in [1.29, 1.82) is 0 Å². The summed E-state index contributed by atoms with van der Waals surface area (Å²) in [5.41, 5.74) is 2.26. The molecule has 124 valence electrons. The summed E-state index contributed by atoms with van der Waals surface area (Å²) >= 11 is 5.89. The summed E-state index contributed by atoms with van der Waals surface area (Å²) in [6.45, 7) is 4.47.